The first-order valence-corrected chi connectivity index (χ1v) is 5.63. The Morgan fingerprint density at radius 2 is 2.06 bits per heavy atom. The van der Waals surface area contributed by atoms with Crippen molar-refractivity contribution < 1.29 is 14.6 Å². The summed E-state index contributed by atoms with van der Waals surface area (Å²) < 4.78 is 10.7. The van der Waals surface area contributed by atoms with E-state index in [9.17, 15) is 0 Å². The second-order valence-corrected chi connectivity index (χ2v) is 3.78. The number of methoxy groups -OCH3 is 1. The van der Waals surface area contributed by atoms with Crippen LogP contribution in [0, 0.1) is 0 Å². The SMILES string of the molecule is COc1cccc(COc2ccc(CO)nc2)c1. The number of rotatable bonds is 5. The normalized spacial score (nSPS) is 10.1. The van der Waals surface area contributed by atoms with Crippen molar-refractivity contribution in [2.75, 3.05) is 7.11 Å². The van der Waals surface area contributed by atoms with E-state index in [0.717, 1.165) is 11.3 Å². The number of hydrogen-bond acceptors (Lipinski definition) is 4. The summed E-state index contributed by atoms with van der Waals surface area (Å²) in [6.07, 6.45) is 1.60. The van der Waals surface area contributed by atoms with E-state index in [1.54, 1.807) is 25.4 Å². The standard InChI is InChI=1S/C14H15NO3/c1-17-13-4-2-3-11(7-13)10-18-14-6-5-12(9-16)15-8-14/h2-8,16H,9-10H2,1H3. The second-order valence-electron chi connectivity index (χ2n) is 3.78. The number of hydrogen-bond donors (Lipinski definition) is 1. The summed E-state index contributed by atoms with van der Waals surface area (Å²) in [5.41, 5.74) is 1.66. The highest BCUT2D eigenvalue weighted by atomic mass is 16.5. The summed E-state index contributed by atoms with van der Waals surface area (Å²) in [6, 6.07) is 11.2. The van der Waals surface area contributed by atoms with Crippen LogP contribution in [0.4, 0.5) is 0 Å². The van der Waals surface area contributed by atoms with E-state index in [2.05, 4.69) is 4.98 Å². The van der Waals surface area contributed by atoms with Crippen molar-refractivity contribution in [3.63, 3.8) is 0 Å². The highest BCUT2D eigenvalue weighted by Crippen LogP contribution is 2.15. The number of aliphatic hydroxyl groups is 1. The van der Waals surface area contributed by atoms with E-state index < -0.39 is 0 Å². The van der Waals surface area contributed by atoms with E-state index in [1.807, 2.05) is 24.3 Å². The molecule has 4 nitrogen and oxygen atoms in total. The van der Waals surface area contributed by atoms with E-state index in [1.165, 1.54) is 0 Å². The van der Waals surface area contributed by atoms with Crippen LogP contribution in [0.5, 0.6) is 11.5 Å². The van der Waals surface area contributed by atoms with Crippen LogP contribution in [0.15, 0.2) is 42.6 Å². The van der Waals surface area contributed by atoms with E-state index in [4.69, 9.17) is 14.6 Å². The fraction of sp³-hybridized carbons (Fsp3) is 0.214. The first kappa shape index (κ1) is 12.4. The number of nitrogens with zero attached hydrogens (tertiary/aromatic N) is 1. The summed E-state index contributed by atoms with van der Waals surface area (Å²) >= 11 is 0. The Balaban J connectivity index is 1.97. The number of benzene rings is 1. The van der Waals surface area contributed by atoms with Gasteiger partial charge in [-0.3, -0.25) is 4.98 Å². The Labute approximate surface area is 106 Å². The fourth-order valence-corrected chi connectivity index (χ4v) is 1.52. The lowest BCUT2D eigenvalue weighted by Gasteiger charge is -2.07. The lowest BCUT2D eigenvalue weighted by atomic mass is 10.2. The Hall–Kier alpha value is -2.07. The molecule has 0 aliphatic carbocycles. The minimum absolute atomic E-state index is 0.0594. The largest absolute Gasteiger partial charge is 0.497 e. The van der Waals surface area contributed by atoms with Crippen LogP contribution in [-0.2, 0) is 13.2 Å². The zero-order valence-electron chi connectivity index (χ0n) is 10.2. The highest BCUT2D eigenvalue weighted by molar-refractivity contribution is 5.28. The molecule has 0 saturated heterocycles. The second kappa shape index (κ2) is 6.02. The third-order valence-electron chi connectivity index (χ3n) is 2.50. The maximum absolute atomic E-state index is 8.88. The number of pyridine rings is 1. The van der Waals surface area contributed by atoms with Gasteiger partial charge in [0.15, 0.2) is 0 Å². The summed E-state index contributed by atoms with van der Waals surface area (Å²) in [4.78, 5) is 4.04. The quantitative estimate of drug-likeness (QED) is 0.877. The first-order valence-electron chi connectivity index (χ1n) is 5.63. The molecule has 94 valence electrons. The molecule has 2 rings (SSSR count). The van der Waals surface area contributed by atoms with Gasteiger partial charge < -0.3 is 14.6 Å². The molecule has 1 aromatic heterocycles. The van der Waals surface area contributed by atoms with Gasteiger partial charge in [-0.15, -0.1) is 0 Å². The van der Waals surface area contributed by atoms with Crippen LogP contribution in [0.1, 0.15) is 11.3 Å². The Kier molecular flexibility index (Phi) is 4.15. The Morgan fingerprint density at radius 1 is 1.17 bits per heavy atom. The molecule has 18 heavy (non-hydrogen) atoms. The van der Waals surface area contributed by atoms with Crippen molar-refractivity contribution >= 4 is 0 Å². The third-order valence-corrected chi connectivity index (χ3v) is 2.50. The summed E-state index contributed by atoms with van der Waals surface area (Å²) in [7, 11) is 1.64. The molecule has 0 unspecified atom stereocenters. The van der Waals surface area contributed by atoms with E-state index in [-0.39, 0.29) is 6.61 Å². The molecule has 1 heterocycles. The molecule has 0 saturated carbocycles. The molecular weight excluding hydrogens is 230 g/mol. The highest BCUT2D eigenvalue weighted by Gasteiger charge is 1.99. The minimum atomic E-state index is -0.0594. The molecule has 0 aliphatic rings. The minimum Gasteiger partial charge on any atom is -0.497 e. The molecule has 0 bridgehead atoms. The first-order chi connectivity index (χ1) is 8.81. The van der Waals surface area contributed by atoms with Gasteiger partial charge in [-0.05, 0) is 29.8 Å². The van der Waals surface area contributed by atoms with Crippen molar-refractivity contribution in [3.8, 4) is 11.5 Å². The van der Waals surface area contributed by atoms with Crippen molar-refractivity contribution in [2.24, 2.45) is 0 Å². The lowest BCUT2D eigenvalue weighted by molar-refractivity contribution is 0.275. The van der Waals surface area contributed by atoms with Gasteiger partial charge in [-0.1, -0.05) is 12.1 Å². The average molecular weight is 245 g/mol. The van der Waals surface area contributed by atoms with Gasteiger partial charge >= 0.3 is 0 Å². The smallest absolute Gasteiger partial charge is 0.138 e. The third kappa shape index (κ3) is 3.21. The maximum Gasteiger partial charge on any atom is 0.138 e. The van der Waals surface area contributed by atoms with Gasteiger partial charge in [0.2, 0.25) is 0 Å². The zero-order chi connectivity index (χ0) is 12.8. The van der Waals surface area contributed by atoms with Gasteiger partial charge in [-0.2, -0.15) is 0 Å². The summed E-state index contributed by atoms with van der Waals surface area (Å²) in [5, 5.41) is 8.88. The summed E-state index contributed by atoms with van der Waals surface area (Å²) in [6.45, 7) is 0.396. The van der Waals surface area contributed by atoms with Crippen LogP contribution in [-0.4, -0.2) is 17.2 Å². The molecule has 2 aromatic rings. The van der Waals surface area contributed by atoms with Crippen LogP contribution >= 0.6 is 0 Å². The molecular formula is C14H15NO3. The summed E-state index contributed by atoms with van der Waals surface area (Å²) in [5.74, 6) is 1.49. The number of aromatic nitrogens is 1. The van der Waals surface area contributed by atoms with Gasteiger partial charge in [-0.25, -0.2) is 0 Å². The maximum atomic E-state index is 8.88. The molecule has 1 N–H and O–H groups in total. The van der Waals surface area contributed by atoms with Gasteiger partial charge in [0.05, 0.1) is 25.6 Å². The van der Waals surface area contributed by atoms with Crippen LogP contribution in [0.25, 0.3) is 0 Å². The molecule has 0 fully saturated rings. The predicted molar refractivity (Wildman–Crippen MR) is 67.5 cm³/mol. The van der Waals surface area contributed by atoms with Gasteiger partial charge in [0.25, 0.3) is 0 Å². The lowest BCUT2D eigenvalue weighted by Crippen LogP contribution is -1.97. The number of aliphatic hydroxyl groups excluding tert-OH is 1. The van der Waals surface area contributed by atoms with Crippen molar-refractivity contribution in [3.05, 3.63) is 53.9 Å². The monoisotopic (exact) mass is 245 g/mol. The van der Waals surface area contributed by atoms with E-state index in [0.29, 0.717) is 18.1 Å². The molecule has 0 amide bonds. The number of ether oxygens (including phenoxy) is 2. The van der Waals surface area contributed by atoms with Crippen molar-refractivity contribution in [1.82, 2.24) is 4.98 Å². The van der Waals surface area contributed by atoms with Crippen LogP contribution < -0.4 is 9.47 Å². The molecule has 1 aromatic carbocycles. The van der Waals surface area contributed by atoms with Crippen molar-refractivity contribution in [2.45, 2.75) is 13.2 Å². The van der Waals surface area contributed by atoms with Gasteiger partial charge in [0.1, 0.15) is 18.1 Å². The van der Waals surface area contributed by atoms with Crippen molar-refractivity contribution in [1.29, 1.82) is 0 Å². The average Bonchev–Trinajstić information content (AvgIpc) is 2.46. The molecule has 0 spiro atoms. The van der Waals surface area contributed by atoms with Crippen LogP contribution in [0.3, 0.4) is 0 Å². The topological polar surface area (TPSA) is 51.6 Å². The van der Waals surface area contributed by atoms with E-state index >= 15 is 0 Å². The Bertz CT molecular complexity index is 497. The zero-order valence-corrected chi connectivity index (χ0v) is 10.2. The van der Waals surface area contributed by atoms with Gasteiger partial charge in [0, 0.05) is 0 Å². The predicted octanol–water partition coefficient (Wildman–Crippen LogP) is 2.16. The Morgan fingerprint density at radius 3 is 2.72 bits per heavy atom. The van der Waals surface area contributed by atoms with Crippen LogP contribution in [0.2, 0.25) is 0 Å². The molecule has 0 atom stereocenters. The molecule has 4 heteroatoms. The molecule has 0 radical (unpaired) electrons. The fourth-order valence-electron chi connectivity index (χ4n) is 1.52. The molecule has 0 aliphatic heterocycles.